The molecule has 1 unspecified atom stereocenters. The third kappa shape index (κ3) is 3.33. The molecule has 0 rings (SSSR count). The van der Waals surface area contributed by atoms with Crippen molar-refractivity contribution < 1.29 is 22.5 Å². The van der Waals surface area contributed by atoms with Crippen LogP contribution in [0.1, 0.15) is 20.3 Å². The monoisotopic (exact) mass is 182 g/mol. The molecule has 0 aliphatic heterocycles. The molecule has 0 spiro atoms. The van der Waals surface area contributed by atoms with Gasteiger partial charge in [0.1, 0.15) is 0 Å². The summed E-state index contributed by atoms with van der Waals surface area (Å²) in [6.07, 6.45) is -0.00435. The second kappa shape index (κ2) is 3.68. The molecule has 1 N–H and O–H groups in total. The number of rotatable bonds is 3. The Kier molecular flexibility index (Phi) is 3.47. The Morgan fingerprint density at radius 3 is 2.36 bits per heavy atom. The first-order chi connectivity index (χ1) is 4.90. The van der Waals surface area contributed by atoms with Crippen molar-refractivity contribution in [2.45, 2.75) is 25.7 Å². The van der Waals surface area contributed by atoms with Crippen LogP contribution in [-0.4, -0.2) is 24.9 Å². The SMILES string of the molecule is CCC(O)S(=O)(=O)OC(C)=O. The molecule has 0 bridgehead atoms. The molecule has 0 saturated heterocycles. The first-order valence-electron chi connectivity index (χ1n) is 3.02. The number of hydrogen-bond donors (Lipinski definition) is 1. The summed E-state index contributed by atoms with van der Waals surface area (Å²) in [5, 5.41) is 8.77. The predicted octanol–water partition coefficient (Wildman–Crippen LogP) is -0.392. The third-order valence-electron chi connectivity index (χ3n) is 0.916. The fourth-order valence-electron chi connectivity index (χ4n) is 0.423. The Labute approximate surface area is 65.1 Å². The van der Waals surface area contributed by atoms with Gasteiger partial charge in [-0.05, 0) is 6.42 Å². The summed E-state index contributed by atoms with van der Waals surface area (Å²) in [5.41, 5.74) is -1.62. The van der Waals surface area contributed by atoms with Gasteiger partial charge in [0.2, 0.25) is 0 Å². The van der Waals surface area contributed by atoms with Crippen LogP contribution in [0.3, 0.4) is 0 Å². The Bertz CT molecular complexity index is 229. The number of hydrogen-bond acceptors (Lipinski definition) is 5. The fourth-order valence-corrected chi connectivity index (χ4v) is 1.27. The molecule has 66 valence electrons. The highest BCUT2D eigenvalue weighted by Crippen LogP contribution is 2.04. The molecule has 0 aromatic carbocycles. The Morgan fingerprint density at radius 2 is 2.09 bits per heavy atom. The van der Waals surface area contributed by atoms with Crippen LogP contribution in [0.4, 0.5) is 0 Å². The van der Waals surface area contributed by atoms with Crippen LogP contribution in [0.25, 0.3) is 0 Å². The smallest absolute Gasteiger partial charge is 0.338 e. The average Bonchev–Trinajstić information content (AvgIpc) is 1.83. The van der Waals surface area contributed by atoms with Gasteiger partial charge in [0, 0.05) is 6.92 Å². The van der Waals surface area contributed by atoms with Crippen molar-refractivity contribution in [3.05, 3.63) is 0 Å². The van der Waals surface area contributed by atoms with E-state index < -0.39 is 21.5 Å². The van der Waals surface area contributed by atoms with E-state index in [-0.39, 0.29) is 6.42 Å². The van der Waals surface area contributed by atoms with Gasteiger partial charge in [0.25, 0.3) is 0 Å². The quantitative estimate of drug-likeness (QED) is 0.601. The maximum absolute atomic E-state index is 10.7. The normalized spacial score (nSPS) is 14.1. The van der Waals surface area contributed by atoms with E-state index in [9.17, 15) is 13.2 Å². The largest absolute Gasteiger partial charge is 0.374 e. The highest BCUT2D eigenvalue weighted by molar-refractivity contribution is 7.87. The van der Waals surface area contributed by atoms with E-state index in [1.807, 2.05) is 0 Å². The van der Waals surface area contributed by atoms with Crippen LogP contribution < -0.4 is 0 Å². The molecule has 0 aromatic heterocycles. The summed E-state index contributed by atoms with van der Waals surface area (Å²) in [4.78, 5) is 10.2. The zero-order chi connectivity index (χ0) is 9.07. The molecule has 0 heterocycles. The molecule has 5 nitrogen and oxygen atoms in total. The molecule has 0 amide bonds. The van der Waals surface area contributed by atoms with Gasteiger partial charge in [-0.3, -0.25) is 4.79 Å². The fraction of sp³-hybridized carbons (Fsp3) is 0.800. The van der Waals surface area contributed by atoms with Crippen LogP contribution in [0.5, 0.6) is 0 Å². The van der Waals surface area contributed by atoms with Crippen LogP contribution in [0, 0.1) is 0 Å². The lowest BCUT2D eigenvalue weighted by Gasteiger charge is -2.07. The van der Waals surface area contributed by atoms with Crippen LogP contribution >= 0.6 is 0 Å². The van der Waals surface area contributed by atoms with Crippen molar-refractivity contribution in [1.82, 2.24) is 0 Å². The second-order valence-electron chi connectivity index (χ2n) is 1.93. The number of carbonyl (C=O) groups is 1. The first-order valence-corrected chi connectivity index (χ1v) is 4.49. The van der Waals surface area contributed by atoms with Crippen molar-refractivity contribution in [3.63, 3.8) is 0 Å². The summed E-state index contributed by atoms with van der Waals surface area (Å²) in [6.45, 7) is 2.42. The van der Waals surface area contributed by atoms with Gasteiger partial charge in [-0.25, -0.2) is 0 Å². The highest BCUT2D eigenvalue weighted by atomic mass is 32.2. The molecule has 1 atom stereocenters. The summed E-state index contributed by atoms with van der Waals surface area (Å²) in [5.74, 6) is -0.947. The Hall–Kier alpha value is -0.620. The van der Waals surface area contributed by atoms with E-state index in [1.165, 1.54) is 6.92 Å². The lowest BCUT2D eigenvalue weighted by Crippen LogP contribution is -2.23. The van der Waals surface area contributed by atoms with Gasteiger partial charge in [-0.15, -0.1) is 0 Å². The van der Waals surface area contributed by atoms with E-state index in [2.05, 4.69) is 4.18 Å². The zero-order valence-electron chi connectivity index (χ0n) is 6.27. The van der Waals surface area contributed by atoms with Gasteiger partial charge < -0.3 is 9.29 Å². The second-order valence-corrected chi connectivity index (χ2v) is 3.63. The van der Waals surface area contributed by atoms with Crippen LogP contribution in [0.15, 0.2) is 0 Å². The van der Waals surface area contributed by atoms with E-state index >= 15 is 0 Å². The Morgan fingerprint density at radius 1 is 1.64 bits per heavy atom. The van der Waals surface area contributed by atoms with Gasteiger partial charge in [-0.1, -0.05) is 6.92 Å². The molecule has 0 aliphatic carbocycles. The lowest BCUT2D eigenvalue weighted by molar-refractivity contribution is -0.131. The molecule has 0 saturated carbocycles. The minimum Gasteiger partial charge on any atom is -0.374 e. The minimum atomic E-state index is -4.10. The molecule has 6 heteroatoms. The van der Waals surface area contributed by atoms with Crippen molar-refractivity contribution in [3.8, 4) is 0 Å². The number of carbonyl (C=O) groups excluding carboxylic acids is 1. The predicted molar refractivity (Wildman–Crippen MR) is 37.0 cm³/mol. The Balaban J connectivity index is 4.35. The molecule has 0 aromatic rings. The van der Waals surface area contributed by atoms with Gasteiger partial charge >= 0.3 is 16.1 Å². The van der Waals surface area contributed by atoms with E-state index in [0.717, 1.165) is 6.92 Å². The highest BCUT2D eigenvalue weighted by Gasteiger charge is 2.23. The van der Waals surface area contributed by atoms with Crippen molar-refractivity contribution in [1.29, 1.82) is 0 Å². The van der Waals surface area contributed by atoms with Crippen molar-refractivity contribution >= 4 is 16.1 Å². The topological polar surface area (TPSA) is 80.7 Å². The standard InChI is InChI=1S/C5H10O5S/c1-3-5(7)11(8,9)10-4(2)6/h5,7H,3H2,1-2H3. The van der Waals surface area contributed by atoms with Crippen LogP contribution in [0.2, 0.25) is 0 Å². The zero-order valence-corrected chi connectivity index (χ0v) is 7.09. The molecular formula is C5H10O5S. The molecular weight excluding hydrogens is 172 g/mol. The van der Waals surface area contributed by atoms with E-state index in [4.69, 9.17) is 5.11 Å². The first kappa shape index (κ1) is 10.4. The van der Waals surface area contributed by atoms with Crippen molar-refractivity contribution in [2.75, 3.05) is 0 Å². The minimum absolute atomic E-state index is 0.00435. The number of aliphatic hydroxyl groups excluding tert-OH is 1. The number of aliphatic hydroxyl groups is 1. The molecule has 0 fully saturated rings. The lowest BCUT2D eigenvalue weighted by atomic mass is 10.5. The summed E-state index contributed by atoms with van der Waals surface area (Å²) in [7, 11) is -4.10. The molecule has 0 aliphatic rings. The summed E-state index contributed by atoms with van der Waals surface area (Å²) >= 11 is 0. The van der Waals surface area contributed by atoms with Gasteiger partial charge in [0.15, 0.2) is 5.44 Å². The third-order valence-corrected chi connectivity index (χ3v) is 2.38. The van der Waals surface area contributed by atoms with Gasteiger partial charge in [-0.2, -0.15) is 8.42 Å². The molecule has 0 radical (unpaired) electrons. The van der Waals surface area contributed by atoms with E-state index in [1.54, 1.807) is 0 Å². The van der Waals surface area contributed by atoms with Crippen LogP contribution in [-0.2, 0) is 19.1 Å². The summed E-state index contributed by atoms with van der Waals surface area (Å²) in [6, 6.07) is 0. The average molecular weight is 182 g/mol. The van der Waals surface area contributed by atoms with E-state index in [0.29, 0.717) is 0 Å². The maximum atomic E-state index is 10.7. The molecule has 11 heavy (non-hydrogen) atoms. The van der Waals surface area contributed by atoms with Crippen molar-refractivity contribution in [2.24, 2.45) is 0 Å². The summed E-state index contributed by atoms with van der Waals surface area (Å²) < 4.78 is 25.2. The maximum Gasteiger partial charge on any atom is 0.338 e. The van der Waals surface area contributed by atoms with Gasteiger partial charge in [0.05, 0.1) is 0 Å².